The second kappa shape index (κ2) is 6.26. The van der Waals surface area contributed by atoms with Crippen LogP contribution in [-0.2, 0) is 6.42 Å². The average Bonchev–Trinajstić information content (AvgIpc) is 2.94. The highest BCUT2D eigenvalue weighted by Crippen LogP contribution is 2.27. The number of nitrogens with zero attached hydrogens (tertiary/aromatic N) is 1. The van der Waals surface area contributed by atoms with Crippen molar-refractivity contribution >= 4 is 17.0 Å². The third kappa shape index (κ3) is 3.27. The number of nitrogens with one attached hydrogen (secondary N) is 1. The lowest BCUT2D eigenvalue weighted by Crippen LogP contribution is -2.06. The fourth-order valence-corrected chi connectivity index (χ4v) is 2.71. The average molecular weight is 272 g/mol. The van der Waals surface area contributed by atoms with Crippen molar-refractivity contribution in [2.75, 3.05) is 12.4 Å². The number of ether oxygens (including phenoxy) is 1. The summed E-state index contributed by atoms with van der Waals surface area (Å²) in [6, 6.07) is 13.7. The Morgan fingerprint density at radius 2 is 2.00 bits per heavy atom. The highest BCUT2D eigenvalue weighted by Gasteiger charge is 2.12. The molecule has 1 unspecified atom stereocenters. The predicted molar refractivity (Wildman–Crippen MR) is 78.7 cm³/mol. The smallest absolute Gasteiger partial charge is 0.149 e. The van der Waals surface area contributed by atoms with Crippen molar-refractivity contribution in [3.05, 3.63) is 46.2 Å². The minimum absolute atomic E-state index is 0.307. The second-order valence-electron chi connectivity index (χ2n) is 4.09. The van der Waals surface area contributed by atoms with Crippen LogP contribution in [0.1, 0.15) is 22.7 Å². The van der Waals surface area contributed by atoms with Crippen molar-refractivity contribution < 1.29 is 4.74 Å². The Labute approximate surface area is 117 Å². The standard InChI is InChI=1S/C15H16N2OS/c1-3-13-8-9-15(19-13)14(10-16)17-11-4-6-12(18-2)7-5-11/h4-9,14,17H,3H2,1-2H3. The summed E-state index contributed by atoms with van der Waals surface area (Å²) in [6.45, 7) is 2.12. The first-order valence-electron chi connectivity index (χ1n) is 6.15. The van der Waals surface area contributed by atoms with E-state index in [-0.39, 0.29) is 6.04 Å². The molecule has 0 radical (unpaired) electrons. The summed E-state index contributed by atoms with van der Waals surface area (Å²) >= 11 is 1.68. The summed E-state index contributed by atoms with van der Waals surface area (Å²) < 4.78 is 5.11. The van der Waals surface area contributed by atoms with Crippen LogP contribution >= 0.6 is 11.3 Å². The Morgan fingerprint density at radius 3 is 2.53 bits per heavy atom. The lowest BCUT2D eigenvalue weighted by Gasteiger charge is -2.11. The highest BCUT2D eigenvalue weighted by molar-refractivity contribution is 7.12. The lowest BCUT2D eigenvalue weighted by atomic mass is 10.2. The van der Waals surface area contributed by atoms with Crippen LogP contribution in [-0.4, -0.2) is 7.11 Å². The largest absolute Gasteiger partial charge is 0.497 e. The summed E-state index contributed by atoms with van der Waals surface area (Å²) in [5.74, 6) is 0.809. The van der Waals surface area contributed by atoms with Gasteiger partial charge in [0.2, 0.25) is 0 Å². The van der Waals surface area contributed by atoms with Crippen molar-refractivity contribution in [1.29, 1.82) is 5.26 Å². The van der Waals surface area contributed by atoms with Crippen molar-refractivity contribution in [2.24, 2.45) is 0 Å². The van der Waals surface area contributed by atoms with E-state index >= 15 is 0 Å². The number of benzene rings is 1. The van der Waals surface area contributed by atoms with Crippen LogP contribution in [0.4, 0.5) is 5.69 Å². The second-order valence-corrected chi connectivity index (χ2v) is 5.29. The molecule has 1 aromatic heterocycles. The van der Waals surface area contributed by atoms with Crippen molar-refractivity contribution in [1.82, 2.24) is 0 Å². The Bertz CT molecular complexity index is 569. The molecule has 0 amide bonds. The molecule has 0 spiro atoms. The first-order valence-corrected chi connectivity index (χ1v) is 6.97. The monoisotopic (exact) mass is 272 g/mol. The Hall–Kier alpha value is -1.99. The minimum atomic E-state index is -0.307. The summed E-state index contributed by atoms with van der Waals surface area (Å²) in [7, 11) is 1.64. The van der Waals surface area contributed by atoms with Crippen molar-refractivity contribution in [3.63, 3.8) is 0 Å². The number of methoxy groups -OCH3 is 1. The molecule has 0 fully saturated rings. The molecule has 1 atom stereocenters. The van der Waals surface area contributed by atoms with Crippen LogP contribution in [0.3, 0.4) is 0 Å². The zero-order valence-electron chi connectivity index (χ0n) is 11.0. The first-order chi connectivity index (χ1) is 9.26. The normalized spacial score (nSPS) is 11.6. The molecule has 0 aliphatic carbocycles. The molecule has 0 aliphatic heterocycles. The van der Waals surface area contributed by atoms with Crippen LogP contribution < -0.4 is 10.1 Å². The number of hydrogen-bond donors (Lipinski definition) is 1. The fraction of sp³-hybridized carbons (Fsp3) is 0.267. The molecule has 1 heterocycles. The van der Waals surface area contributed by atoms with E-state index in [4.69, 9.17) is 4.74 Å². The molecule has 3 nitrogen and oxygen atoms in total. The fourth-order valence-electron chi connectivity index (χ4n) is 1.76. The lowest BCUT2D eigenvalue weighted by molar-refractivity contribution is 0.415. The summed E-state index contributed by atoms with van der Waals surface area (Å²) in [4.78, 5) is 2.35. The van der Waals surface area contributed by atoms with Gasteiger partial charge >= 0.3 is 0 Å². The van der Waals surface area contributed by atoms with Gasteiger partial charge in [0.05, 0.1) is 13.2 Å². The maximum Gasteiger partial charge on any atom is 0.149 e. The molecule has 2 rings (SSSR count). The van der Waals surface area contributed by atoms with E-state index in [1.807, 2.05) is 30.3 Å². The van der Waals surface area contributed by atoms with Gasteiger partial charge in [-0.1, -0.05) is 6.92 Å². The molecule has 1 N–H and O–H groups in total. The van der Waals surface area contributed by atoms with Gasteiger partial charge in [-0.05, 0) is 42.8 Å². The molecular formula is C15H16N2OS. The van der Waals surface area contributed by atoms with Gasteiger partial charge in [0.1, 0.15) is 11.8 Å². The molecule has 19 heavy (non-hydrogen) atoms. The van der Waals surface area contributed by atoms with Gasteiger partial charge in [0, 0.05) is 15.4 Å². The Morgan fingerprint density at radius 1 is 1.26 bits per heavy atom. The van der Waals surface area contributed by atoms with Crippen LogP contribution in [0.25, 0.3) is 0 Å². The topological polar surface area (TPSA) is 45.0 Å². The van der Waals surface area contributed by atoms with Crippen LogP contribution in [0.2, 0.25) is 0 Å². The molecule has 1 aromatic carbocycles. The molecule has 0 bridgehead atoms. The number of aryl methyl sites for hydroxylation is 1. The molecule has 98 valence electrons. The van der Waals surface area contributed by atoms with E-state index in [1.54, 1.807) is 18.4 Å². The maximum absolute atomic E-state index is 9.29. The minimum Gasteiger partial charge on any atom is -0.497 e. The van der Waals surface area contributed by atoms with E-state index in [0.717, 1.165) is 22.7 Å². The molecule has 4 heteroatoms. The quantitative estimate of drug-likeness (QED) is 0.895. The van der Waals surface area contributed by atoms with Gasteiger partial charge in [0.25, 0.3) is 0 Å². The van der Waals surface area contributed by atoms with E-state index in [2.05, 4.69) is 24.4 Å². The number of thiophene rings is 1. The van der Waals surface area contributed by atoms with E-state index in [0.29, 0.717) is 0 Å². The van der Waals surface area contributed by atoms with Gasteiger partial charge in [-0.3, -0.25) is 0 Å². The molecule has 0 saturated heterocycles. The molecular weight excluding hydrogens is 256 g/mol. The number of hydrogen-bond acceptors (Lipinski definition) is 4. The number of rotatable bonds is 5. The van der Waals surface area contributed by atoms with Gasteiger partial charge in [-0.25, -0.2) is 0 Å². The van der Waals surface area contributed by atoms with Gasteiger partial charge < -0.3 is 10.1 Å². The number of anilines is 1. The summed E-state index contributed by atoms with van der Waals surface area (Å²) in [5.41, 5.74) is 0.916. The number of nitriles is 1. The first kappa shape index (κ1) is 13.4. The Balaban J connectivity index is 2.12. The SMILES string of the molecule is CCc1ccc(C(C#N)Nc2ccc(OC)cc2)s1. The van der Waals surface area contributed by atoms with Gasteiger partial charge in [-0.2, -0.15) is 5.26 Å². The third-order valence-corrected chi connectivity index (χ3v) is 4.14. The zero-order valence-corrected chi connectivity index (χ0v) is 11.8. The highest BCUT2D eigenvalue weighted by atomic mass is 32.1. The molecule has 0 saturated carbocycles. The molecule has 0 aliphatic rings. The summed E-state index contributed by atoms with van der Waals surface area (Å²) in [6.07, 6.45) is 1.01. The van der Waals surface area contributed by atoms with E-state index in [1.165, 1.54) is 4.88 Å². The van der Waals surface area contributed by atoms with Crippen LogP contribution in [0.5, 0.6) is 5.75 Å². The van der Waals surface area contributed by atoms with E-state index < -0.39 is 0 Å². The predicted octanol–water partition coefficient (Wildman–Crippen LogP) is 4.00. The van der Waals surface area contributed by atoms with Gasteiger partial charge in [-0.15, -0.1) is 11.3 Å². The van der Waals surface area contributed by atoms with E-state index in [9.17, 15) is 5.26 Å². The molecule has 2 aromatic rings. The van der Waals surface area contributed by atoms with Crippen molar-refractivity contribution in [2.45, 2.75) is 19.4 Å². The van der Waals surface area contributed by atoms with Crippen LogP contribution in [0.15, 0.2) is 36.4 Å². The van der Waals surface area contributed by atoms with Crippen molar-refractivity contribution in [3.8, 4) is 11.8 Å². The Kier molecular flexibility index (Phi) is 4.43. The van der Waals surface area contributed by atoms with Crippen LogP contribution in [0, 0.1) is 11.3 Å². The summed E-state index contributed by atoms with van der Waals surface area (Å²) in [5, 5.41) is 12.5. The maximum atomic E-state index is 9.29. The van der Waals surface area contributed by atoms with Gasteiger partial charge in [0.15, 0.2) is 0 Å². The zero-order chi connectivity index (χ0) is 13.7. The third-order valence-electron chi connectivity index (χ3n) is 2.85.